The Kier molecular flexibility index (Phi) is 17.8. The van der Waals surface area contributed by atoms with Crippen LogP contribution in [0.4, 0.5) is 9.59 Å². The fraction of sp³-hybridized carbons (Fsp3) is 0.938. The molecule has 1 fully saturated rings. The van der Waals surface area contributed by atoms with Crippen LogP contribution in [0.1, 0.15) is 157 Å². The highest BCUT2D eigenvalue weighted by Gasteiger charge is 2.42. The van der Waals surface area contributed by atoms with E-state index < -0.39 is 6.03 Å². The summed E-state index contributed by atoms with van der Waals surface area (Å²) < 4.78 is 5.82. The van der Waals surface area contributed by atoms with Gasteiger partial charge >= 0.3 is 12.1 Å². The molecule has 224 valence electrons. The molecule has 0 radical (unpaired) electrons. The first-order valence-electron chi connectivity index (χ1n) is 16.1. The smallest absolute Gasteiger partial charge is 0.407 e. The number of urea groups is 1. The predicted molar refractivity (Wildman–Crippen MR) is 160 cm³/mol. The Morgan fingerprint density at radius 2 is 1.32 bits per heavy atom. The van der Waals surface area contributed by atoms with Crippen molar-refractivity contribution in [2.75, 3.05) is 13.2 Å². The number of unbranched alkanes of at least 4 members (excludes halogenated alkanes) is 12. The molecule has 0 bridgehead atoms. The van der Waals surface area contributed by atoms with Crippen molar-refractivity contribution in [2.24, 2.45) is 22.5 Å². The third-order valence-corrected chi connectivity index (χ3v) is 8.34. The molecule has 1 saturated carbocycles. The fourth-order valence-corrected chi connectivity index (χ4v) is 6.66. The van der Waals surface area contributed by atoms with Gasteiger partial charge in [-0.05, 0) is 48.9 Å². The molecule has 0 aromatic carbocycles. The molecule has 1 rings (SSSR count). The Bertz CT molecular complexity index is 639. The lowest BCUT2D eigenvalue weighted by atomic mass is 9.62. The molecule has 0 saturated heterocycles. The van der Waals surface area contributed by atoms with E-state index in [0.717, 1.165) is 32.1 Å². The van der Waals surface area contributed by atoms with Crippen LogP contribution in [0.5, 0.6) is 0 Å². The largest absolute Gasteiger partial charge is 0.449 e. The summed E-state index contributed by atoms with van der Waals surface area (Å²) in [6.45, 7) is 12.2. The van der Waals surface area contributed by atoms with Gasteiger partial charge in [0.05, 0.1) is 6.61 Å². The zero-order valence-corrected chi connectivity index (χ0v) is 25.8. The number of carbonyl (C=O) groups excluding carboxylic acids is 2. The van der Waals surface area contributed by atoms with Crippen molar-refractivity contribution in [3.63, 3.8) is 0 Å². The van der Waals surface area contributed by atoms with Crippen LogP contribution in [0.2, 0.25) is 0 Å². The Morgan fingerprint density at radius 1 is 0.816 bits per heavy atom. The fourth-order valence-electron chi connectivity index (χ4n) is 6.66. The summed E-state index contributed by atoms with van der Waals surface area (Å²) in [5, 5.41) is 5.94. The number of rotatable bonds is 21. The van der Waals surface area contributed by atoms with Crippen molar-refractivity contribution in [1.29, 1.82) is 0 Å². The van der Waals surface area contributed by atoms with Crippen LogP contribution in [-0.2, 0) is 4.74 Å². The first-order valence-corrected chi connectivity index (χ1v) is 16.1. The van der Waals surface area contributed by atoms with Crippen LogP contribution >= 0.6 is 0 Å². The van der Waals surface area contributed by atoms with Gasteiger partial charge in [-0.3, -0.25) is 0 Å². The van der Waals surface area contributed by atoms with E-state index in [0.29, 0.717) is 19.1 Å². The Morgan fingerprint density at radius 3 is 1.82 bits per heavy atom. The molecule has 0 aliphatic heterocycles. The molecule has 38 heavy (non-hydrogen) atoms. The number of amides is 3. The maximum atomic E-state index is 12.8. The van der Waals surface area contributed by atoms with E-state index in [1.807, 2.05) is 0 Å². The van der Waals surface area contributed by atoms with Crippen LogP contribution < -0.4 is 16.4 Å². The number of nitrogens with one attached hydrogen (secondary N) is 2. The molecule has 1 aliphatic rings. The van der Waals surface area contributed by atoms with Gasteiger partial charge in [0.2, 0.25) is 0 Å². The number of carbonyl (C=O) groups is 2. The Hall–Kier alpha value is -1.46. The van der Waals surface area contributed by atoms with Gasteiger partial charge in [0.25, 0.3) is 0 Å². The molecule has 0 aromatic heterocycles. The second kappa shape index (κ2) is 19.6. The number of primary amides is 1. The Labute approximate surface area is 235 Å². The van der Waals surface area contributed by atoms with Gasteiger partial charge in [-0.15, -0.1) is 0 Å². The summed E-state index contributed by atoms with van der Waals surface area (Å²) >= 11 is 0. The lowest BCUT2D eigenvalue weighted by Crippen LogP contribution is -2.51. The number of ether oxygens (including phenoxy) is 1. The molecule has 3 amide bonds. The number of alkyl carbamates (subject to hydrolysis) is 1. The summed E-state index contributed by atoms with van der Waals surface area (Å²) in [7, 11) is 0. The van der Waals surface area contributed by atoms with Gasteiger partial charge in [-0.2, -0.15) is 0 Å². The van der Waals surface area contributed by atoms with Gasteiger partial charge in [-0.1, -0.05) is 125 Å². The summed E-state index contributed by atoms with van der Waals surface area (Å²) in [4.78, 5) is 24.1. The van der Waals surface area contributed by atoms with Crippen molar-refractivity contribution >= 4 is 12.1 Å². The van der Waals surface area contributed by atoms with Crippen molar-refractivity contribution in [1.82, 2.24) is 10.6 Å². The van der Waals surface area contributed by atoms with Crippen LogP contribution in [-0.4, -0.2) is 31.3 Å². The molecule has 0 aromatic rings. The molecular formula is C32H63N3O3. The highest BCUT2D eigenvalue weighted by Crippen LogP contribution is 2.45. The average molecular weight is 538 g/mol. The second-order valence-corrected chi connectivity index (χ2v) is 13.4. The van der Waals surface area contributed by atoms with Crippen molar-refractivity contribution < 1.29 is 14.3 Å². The monoisotopic (exact) mass is 537 g/mol. The molecule has 3 unspecified atom stereocenters. The maximum Gasteiger partial charge on any atom is 0.407 e. The number of hydrogen-bond donors (Lipinski definition) is 3. The van der Waals surface area contributed by atoms with E-state index in [-0.39, 0.29) is 23.0 Å². The van der Waals surface area contributed by atoms with Gasteiger partial charge < -0.3 is 21.1 Å². The van der Waals surface area contributed by atoms with Crippen LogP contribution in [0.3, 0.4) is 0 Å². The van der Waals surface area contributed by atoms with Crippen LogP contribution in [0.15, 0.2) is 0 Å². The highest BCUT2D eigenvalue weighted by atomic mass is 16.5. The summed E-state index contributed by atoms with van der Waals surface area (Å²) in [5.41, 5.74) is 5.29. The first-order chi connectivity index (χ1) is 18.1. The van der Waals surface area contributed by atoms with E-state index in [1.54, 1.807) is 0 Å². The average Bonchev–Trinajstić information content (AvgIpc) is 2.83. The second-order valence-electron chi connectivity index (χ2n) is 13.4. The topological polar surface area (TPSA) is 93.4 Å². The lowest BCUT2D eigenvalue weighted by Gasteiger charge is -2.46. The number of hydrogen-bond acceptors (Lipinski definition) is 3. The van der Waals surface area contributed by atoms with Crippen molar-refractivity contribution in [2.45, 2.75) is 163 Å². The van der Waals surface area contributed by atoms with Crippen LogP contribution in [0, 0.1) is 16.7 Å². The first kappa shape index (κ1) is 34.6. The van der Waals surface area contributed by atoms with Gasteiger partial charge in [0.15, 0.2) is 0 Å². The molecule has 4 N–H and O–H groups in total. The highest BCUT2D eigenvalue weighted by molar-refractivity contribution is 5.71. The van der Waals surface area contributed by atoms with Crippen molar-refractivity contribution in [3.05, 3.63) is 0 Å². The maximum absolute atomic E-state index is 12.8. The van der Waals surface area contributed by atoms with E-state index in [4.69, 9.17) is 10.5 Å². The number of nitrogens with two attached hydrogens (primary N) is 1. The van der Waals surface area contributed by atoms with Crippen molar-refractivity contribution in [3.8, 4) is 0 Å². The van der Waals surface area contributed by atoms with Gasteiger partial charge in [0.1, 0.15) is 0 Å². The molecule has 3 atom stereocenters. The Balaban J connectivity index is 2.50. The minimum atomic E-state index is -0.494. The minimum absolute atomic E-state index is 0.0376. The van der Waals surface area contributed by atoms with Gasteiger partial charge in [0, 0.05) is 12.6 Å². The predicted octanol–water partition coefficient (Wildman–Crippen LogP) is 8.86. The zero-order valence-electron chi connectivity index (χ0n) is 25.8. The molecule has 0 spiro atoms. The molecule has 6 heteroatoms. The van der Waals surface area contributed by atoms with Gasteiger partial charge in [-0.25, -0.2) is 9.59 Å². The summed E-state index contributed by atoms with van der Waals surface area (Å²) in [6.07, 6.45) is 23.1. The zero-order chi connectivity index (χ0) is 28.3. The standard InChI is InChI=1S/C32H63N3O3/c1-6-8-10-12-14-15-17-19-21-27(20-18-16-13-11-9-7-2)24-38-30(37)35-28-22-31(3,4)25-32(5,23-28)26-34-29(33)36/h27-28H,6-26H2,1-5H3,(H,35,37)(H3,33,34,36). The third-order valence-electron chi connectivity index (χ3n) is 8.34. The summed E-state index contributed by atoms with van der Waals surface area (Å²) in [6, 6.07) is -0.456. The minimum Gasteiger partial charge on any atom is -0.449 e. The molecular weight excluding hydrogens is 474 g/mol. The molecule has 6 nitrogen and oxygen atoms in total. The SMILES string of the molecule is CCCCCCCCCCC(CCCCCCCC)COC(=O)NC1CC(C)(C)CC(C)(CNC(N)=O)C1. The molecule has 1 aliphatic carbocycles. The van der Waals surface area contributed by atoms with E-state index >= 15 is 0 Å². The third kappa shape index (κ3) is 17.2. The normalized spacial score (nSPS) is 21.6. The molecule has 0 heterocycles. The van der Waals surface area contributed by atoms with Crippen LogP contribution in [0.25, 0.3) is 0 Å². The van der Waals surface area contributed by atoms with E-state index in [9.17, 15) is 9.59 Å². The lowest BCUT2D eigenvalue weighted by molar-refractivity contribution is 0.0634. The quantitative estimate of drug-likeness (QED) is 0.128. The van der Waals surface area contributed by atoms with E-state index in [1.165, 1.54) is 89.9 Å². The summed E-state index contributed by atoms with van der Waals surface area (Å²) in [5.74, 6) is 0.458. The van der Waals surface area contributed by atoms with E-state index in [2.05, 4.69) is 45.3 Å².